The lowest BCUT2D eigenvalue weighted by atomic mass is 10.1. The van der Waals surface area contributed by atoms with Crippen LogP contribution in [0, 0.1) is 0 Å². The van der Waals surface area contributed by atoms with E-state index in [4.69, 9.17) is 21.7 Å². The number of hydrogen-bond donors (Lipinski definition) is 1. The molecule has 1 atom stereocenters. The van der Waals surface area contributed by atoms with Gasteiger partial charge in [-0.15, -0.1) is 0 Å². The Morgan fingerprint density at radius 2 is 1.95 bits per heavy atom. The molecule has 0 fully saturated rings. The lowest BCUT2D eigenvalue weighted by Gasteiger charge is -2.23. The summed E-state index contributed by atoms with van der Waals surface area (Å²) in [5.41, 5.74) is 0.617. The minimum atomic E-state index is -0.895. The molecule has 5 heteroatoms. The van der Waals surface area contributed by atoms with E-state index < -0.39 is 6.10 Å². The smallest absolute Gasteiger partial charge is 0.167 e. The molecule has 0 radical (unpaired) electrons. The Balaban J connectivity index is 3.22. The lowest BCUT2D eigenvalue weighted by Crippen LogP contribution is -2.27. The largest absolute Gasteiger partial charge is 0.493 e. The molecule has 1 rings (SSSR count). The molecule has 19 heavy (non-hydrogen) atoms. The molecule has 1 aromatic rings. The van der Waals surface area contributed by atoms with E-state index in [1.54, 1.807) is 38.2 Å². The summed E-state index contributed by atoms with van der Waals surface area (Å²) in [6.07, 6.45) is -0.913. The van der Waals surface area contributed by atoms with Gasteiger partial charge in [0.25, 0.3) is 0 Å². The van der Waals surface area contributed by atoms with Gasteiger partial charge in [-0.25, -0.2) is 0 Å². The number of thiocarbonyl (C=S) groups is 1. The number of hydrogen-bond acceptors (Lipinski definition) is 4. The first kappa shape index (κ1) is 15.7. The van der Waals surface area contributed by atoms with E-state index in [1.807, 2.05) is 19.9 Å². The van der Waals surface area contributed by atoms with Crippen LogP contribution in [0.2, 0.25) is 0 Å². The number of nitrogens with zero attached hydrogens (tertiary/aromatic N) is 1. The van der Waals surface area contributed by atoms with E-state index in [9.17, 15) is 5.11 Å². The molecular formula is C14H21NO3S. The fraction of sp³-hybridized carbons (Fsp3) is 0.500. The maximum Gasteiger partial charge on any atom is 0.167 e. The number of likely N-dealkylation sites (N-methyl/N-ethyl adjacent to an activating group) is 1. The molecule has 0 saturated heterocycles. The van der Waals surface area contributed by atoms with Crippen molar-refractivity contribution in [1.82, 2.24) is 4.90 Å². The second kappa shape index (κ2) is 6.73. The minimum Gasteiger partial charge on any atom is -0.493 e. The molecule has 0 spiro atoms. The van der Waals surface area contributed by atoms with Crippen LogP contribution in [0.25, 0.3) is 0 Å². The van der Waals surface area contributed by atoms with Gasteiger partial charge in [-0.1, -0.05) is 24.4 Å². The number of rotatable bonds is 5. The van der Waals surface area contributed by atoms with Gasteiger partial charge in [-0.2, -0.15) is 0 Å². The van der Waals surface area contributed by atoms with Gasteiger partial charge in [-0.3, -0.25) is 0 Å². The van der Waals surface area contributed by atoms with Crippen molar-refractivity contribution < 1.29 is 14.6 Å². The first-order chi connectivity index (χ1) is 8.88. The van der Waals surface area contributed by atoms with Crippen molar-refractivity contribution in [1.29, 1.82) is 0 Å². The molecule has 4 nitrogen and oxygen atoms in total. The van der Waals surface area contributed by atoms with Crippen molar-refractivity contribution in [2.24, 2.45) is 0 Å². The zero-order valence-electron chi connectivity index (χ0n) is 12.0. The monoisotopic (exact) mass is 283 g/mol. The van der Waals surface area contributed by atoms with E-state index in [0.717, 1.165) is 0 Å². The van der Waals surface area contributed by atoms with E-state index in [1.165, 1.54) is 0 Å². The third-order valence-corrected chi connectivity index (χ3v) is 3.14. The number of aliphatic hydroxyl groups is 1. The highest BCUT2D eigenvalue weighted by atomic mass is 32.1. The summed E-state index contributed by atoms with van der Waals surface area (Å²) in [4.78, 5) is 2.14. The maximum atomic E-state index is 10.4. The summed E-state index contributed by atoms with van der Waals surface area (Å²) in [5.74, 6) is 1.13. The Hall–Kier alpha value is -1.33. The maximum absolute atomic E-state index is 10.4. The van der Waals surface area contributed by atoms with Gasteiger partial charge in [0.05, 0.1) is 13.2 Å². The van der Waals surface area contributed by atoms with Gasteiger partial charge in [0.1, 0.15) is 11.1 Å². The van der Waals surface area contributed by atoms with Crippen molar-refractivity contribution in [3.8, 4) is 11.5 Å². The predicted octanol–water partition coefficient (Wildman–Crippen LogP) is 2.40. The number of aliphatic hydroxyl groups excluding tert-OH is 1. The van der Waals surface area contributed by atoms with Crippen molar-refractivity contribution in [2.45, 2.75) is 26.1 Å². The Morgan fingerprint density at radius 1 is 1.32 bits per heavy atom. The van der Waals surface area contributed by atoms with Crippen LogP contribution >= 0.6 is 12.2 Å². The van der Waals surface area contributed by atoms with Crippen LogP contribution in [-0.2, 0) is 0 Å². The number of benzene rings is 1. The van der Waals surface area contributed by atoms with Crippen molar-refractivity contribution in [2.75, 3.05) is 21.2 Å². The Labute approximate surface area is 119 Å². The molecule has 0 bridgehead atoms. The standard InChI is InChI=1S/C14H21NO3S/c1-9(2)18-13-10(7-6-8-11(13)17-5)12(16)14(19)15(3)4/h6-9,12,16H,1-5H3. The Bertz CT molecular complexity index is 446. The van der Waals surface area contributed by atoms with Crippen molar-refractivity contribution >= 4 is 17.2 Å². The van der Waals surface area contributed by atoms with Gasteiger partial charge in [0.15, 0.2) is 11.5 Å². The van der Waals surface area contributed by atoms with Crippen molar-refractivity contribution in [3.63, 3.8) is 0 Å². The molecule has 1 N–H and O–H groups in total. The predicted molar refractivity (Wildman–Crippen MR) is 80.0 cm³/mol. The highest BCUT2D eigenvalue weighted by Crippen LogP contribution is 2.36. The molecule has 0 aliphatic heterocycles. The average Bonchev–Trinajstić information content (AvgIpc) is 2.36. The normalized spacial score (nSPS) is 12.2. The summed E-state index contributed by atoms with van der Waals surface area (Å²) < 4.78 is 11.0. The molecule has 0 aliphatic rings. The van der Waals surface area contributed by atoms with E-state index in [0.29, 0.717) is 22.1 Å². The molecule has 106 valence electrons. The number of methoxy groups -OCH3 is 1. The molecule has 0 aliphatic carbocycles. The first-order valence-corrected chi connectivity index (χ1v) is 6.52. The number of ether oxygens (including phenoxy) is 2. The molecule has 1 unspecified atom stereocenters. The topological polar surface area (TPSA) is 41.9 Å². The van der Waals surface area contributed by atoms with E-state index >= 15 is 0 Å². The molecular weight excluding hydrogens is 262 g/mol. The molecule has 0 heterocycles. The summed E-state index contributed by atoms with van der Waals surface area (Å²) in [5, 5.41) is 10.4. The average molecular weight is 283 g/mol. The molecule has 0 aromatic heterocycles. The van der Waals surface area contributed by atoms with Crippen LogP contribution in [0.5, 0.6) is 11.5 Å². The third kappa shape index (κ3) is 3.81. The summed E-state index contributed by atoms with van der Waals surface area (Å²) in [7, 11) is 5.17. The SMILES string of the molecule is COc1cccc(C(O)C(=S)N(C)C)c1OC(C)C. The Kier molecular flexibility index (Phi) is 5.57. The number of para-hydroxylation sites is 1. The first-order valence-electron chi connectivity index (χ1n) is 6.11. The van der Waals surface area contributed by atoms with Crippen LogP contribution < -0.4 is 9.47 Å². The van der Waals surface area contributed by atoms with E-state index in [2.05, 4.69) is 0 Å². The van der Waals surface area contributed by atoms with Gasteiger partial charge in [0, 0.05) is 19.7 Å². The summed E-state index contributed by atoms with van der Waals surface area (Å²) in [6, 6.07) is 5.40. The van der Waals surface area contributed by atoms with Crippen LogP contribution in [0.3, 0.4) is 0 Å². The van der Waals surface area contributed by atoms with Gasteiger partial charge < -0.3 is 19.5 Å². The Morgan fingerprint density at radius 3 is 2.42 bits per heavy atom. The molecule has 0 saturated carbocycles. The zero-order valence-corrected chi connectivity index (χ0v) is 12.8. The van der Waals surface area contributed by atoms with Crippen LogP contribution in [0.1, 0.15) is 25.5 Å². The van der Waals surface area contributed by atoms with Crippen LogP contribution in [0.15, 0.2) is 18.2 Å². The second-order valence-electron chi connectivity index (χ2n) is 4.68. The van der Waals surface area contributed by atoms with E-state index in [-0.39, 0.29) is 6.10 Å². The highest BCUT2D eigenvalue weighted by molar-refractivity contribution is 7.80. The fourth-order valence-electron chi connectivity index (χ4n) is 1.65. The van der Waals surface area contributed by atoms with Crippen LogP contribution in [-0.4, -0.2) is 42.3 Å². The van der Waals surface area contributed by atoms with Gasteiger partial charge in [0.2, 0.25) is 0 Å². The highest BCUT2D eigenvalue weighted by Gasteiger charge is 2.22. The van der Waals surface area contributed by atoms with Crippen molar-refractivity contribution in [3.05, 3.63) is 23.8 Å². The third-order valence-electron chi connectivity index (χ3n) is 2.55. The van der Waals surface area contributed by atoms with Gasteiger partial charge >= 0.3 is 0 Å². The quantitative estimate of drug-likeness (QED) is 0.841. The summed E-state index contributed by atoms with van der Waals surface area (Å²) in [6.45, 7) is 3.85. The molecule has 1 aromatic carbocycles. The minimum absolute atomic E-state index is 0.0184. The van der Waals surface area contributed by atoms with Gasteiger partial charge in [-0.05, 0) is 19.9 Å². The lowest BCUT2D eigenvalue weighted by molar-refractivity contribution is 0.201. The second-order valence-corrected chi connectivity index (χ2v) is 5.10. The fourth-order valence-corrected chi connectivity index (χ4v) is 1.78. The molecule has 0 amide bonds. The van der Waals surface area contributed by atoms with Crippen LogP contribution in [0.4, 0.5) is 0 Å². The zero-order chi connectivity index (χ0) is 14.6. The summed E-state index contributed by atoms with van der Waals surface area (Å²) >= 11 is 5.21.